The number of hydrogen-bond donors (Lipinski definition) is 1. The summed E-state index contributed by atoms with van der Waals surface area (Å²) < 4.78 is 13.3. The normalized spacial score (nSPS) is 10.9. The van der Waals surface area contributed by atoms with Gasteiger partial charge in [0.25, 0.3) is 5.56 Å². The molecule has 0 amide bonds. The number of esters is 1. The maximum atomic E-state index is 12.4. The summed E-state index contributed by atoms with van der Waals surface area (Å²) in [7, 11) is 2.84. The second-order valence-electron chi connectivity index (χ2n) is 5.92. The minimum Gasteiger partial charge on any atom is -0.494 e. The van der Waals surface area contributed by atoms with Gasteiger partial charge in [-0.1, -0.05) is 30.0 Å². The number of thioether (sulfide) groups is 1. The number of H-pyrrole nitrogens is 1. The second-order valence-corrected chi connectivity index (χ2v) is 6.86. The molecule has 0 fully saturated rings. The van der Waals surface area contributed by atoms with Gasteiger partial charge in [0.05, 0.1) is 19.5 Å². The molecule has 10 heteroatoms. The first-order chi connectivity index (χ1) is 13.5. The number of carbonyl (C=O) groups is 1. The molecule has 2 heterocycles. The van der Waals surface area contributed by atoms with Crippen LogP contribution in [0.4, 0.5) is 0 Å². The average molecular weight is 404 g/mol. The van der Waals surface area contributed by atoms with E-state index in [0.29, 0.717) is 24.7 Å². The largest absolute Gasteiger partial charge is 0.494 e. The lowest BCUT2D eigenvalue weighted by Gasteiger charge is -2.09. The molecule has 0 bridgehead atoms. The Bertz CT molecular complexity index is 1090. The molecule has 2 aromatic heterocycles. The Morgan fingerprint density at radius 1 is 1.25 bits per heavy atom. The van der Waals surface area contributed by atoms with Gasteiger partial charge in [0, 0.05) is 13.6 Å². The Labute approximate surface area is 164 Å². The van der Waals surface area contributed by atoms with Gasteiger partial charge in [-0.2, -0.15) is 0 Å². The minimum atomic E-state index is -0.543. The summed E-state index contributed by atoms with van der Waals surface area (Å²) in [4.78, 5) is 42.4. The summed E-state index contributed by atoms with van der Waals surface area (Å²) in [5.41, 5.74) is -0.502. The molecule has 0 saturated heterocycles. The van der Waals surface area contributed by atoms with Crippen LogP contribution in [0.15, 0.2) is 45.1 Å². The monoisotopic (exact) mass is 404 g/mol. The topological polar surface area (TPSA) is 108 Å². The number of aryl methyl sites for hydroxylation is 2. The van der Waals surface area contributed by atoms with Crippen molar-refractivity contribution in [2.24, 2.45) is 7.05 Å². The van der Waals surface area contributed by atoms with Crippen molar-refractivity contribution in [3.05, 3.63) is 51.2 Å². The molecule has 3 aromatic rings. The lowest BCUT2D eigenvalue weighted by atomic mass is 10.3. The number of rotatable bonds is 8. The Morgan fingerprint density at radius 2 is 2.00 bits per heavy atom. The Kier molecular flexibility index (Phi) is 6.19. The predicted molar refractivity (Wildman–Crippen MR) is 105 cm³/mol. The molecule has 0 radical (unpaired) electrons. The lowest BCUT2D eigenvalue weighted by molar-refractivity contribution is -0.137. The quantitative estimate of drug-likeness (QED) is 0.341. The van der Waals surface area contributed by atoms with Gasteiger partial charge in [0.1, 0.15) is 5.75 Å². The van der Waals surface area contributed by atoms with Crippen LogP contribution < -0.4 is 16.0 Å². The fraction of sp³-hybridized carbons (Fsp3) is 0.333. The molecule has 0 unspecified atom stereocenters. The van der Waals surface area contributed by atoms with Gasteiger partial charge in [-0.3, -0.25) is 19.1 Å². The van der Waals surface area contributed by atoms with Crippen LogP contribution in [0, 0.1) is 0 Å². The molecule has 0 aliphatic heterocycles. The number of aromatic nitrogens is 4. The van der Waals surface area contributed by atoms with Crippen LogP contribution in [-0.2, 0) is 23.1 Å². The van der Waals surface area contributed by atoms with Crippen molar-refractivity contribution in [3.8, 4) is 5.75 Å². The first-order valence-corrected chi connectivity index (χ1v) is 9.57. The van der Waals surface area contributed by atoms with Crippen molar-refractivity contribution in [1.29, 1.82) is 0 Å². The van der Waals surface area contributed by atoms with Crippen molar-refractivity contribution in [3.63, 3.8) is 0 Å². The van der Waals surface area contributed by atoms with Crippen LogP contribution in [0.3, 0.4) is 0 Å². The highest BCUT2D eigenvalue weighted by molar-refractivity contribution is 7.99. The molecule has 28 heavy (non-hydrogen) atoms. The highest BCUT2D eigenvalue weighted by atomic mass is 32.2. The van der Waals surface area contributed by atoms with Gasteiger partial charge in [0.2, 0.25) is 0 Å². The number of carbonyl (C=O) groups excluding carboxylic acids is 1. The van der Waals surface area contributed by atoms with E-state index in [-0.39, 0.29) is 16.9 Å². The zero-order valence-corrected chi connectivity index (χ0v) is 16.3. The van der Waals surface area contributed by atoms with E-state index in [4.69, 9.17) is 4.74 Å². The third-order valence-corrected chi connectivity index (χ3v) is 5.01. The first-order valence-electron chi connectivity index (χ1n) is 8.58. The molecule has 0 saturated carbocycles. The SMILES string of the molecule is COC(=O)CSc1nc2c(c(=O)[nH]c(=O)n2C)n1CCCOc1ccccc1. The number of nitrogens with zero attached hydrogens (tertiary/aromatic N) is 3. The number of ether oxygens (including phenoxy) is 2. The van der Waals surface area contributed by atoms with Gasteiger partial charge in [0.15, 0.2) is 16.3 Å². The fourth-order valence-corrected chi connectivity index (χ4v) is 3.50. The van der Waals surface area contributed by atoms with E-state index in [9.17, 15) is 14.4 Å². The number of aromatic amines is 1. The summed E-state index contributed by atoms with van der Waals surface area (Å²) in [5.74, 6) is 0.406. The summed E-state index contributed by atoms with van der Waals surface area (Å²) >= 11 is 1.15. The van der Waals surface area contributed by atoms with Crippen LogP contribution in [0.25, 0.3) is 11.2 Å². The standard InChI is InChI=1S/C18H20N4O5S/c1-21-15-14(16(24)20-17(21)25)22(18(19-15)28-11-13(23)26-2)9-6-10-27-12-7-4-3-5-8-12/h3-5,7-8H,6,9-11H2,1-2H3,(H,20,24,25). The smallest absolute Gasteiger partial charge is 0.329 e. The van der Waals surface area contributed by atoms with Gasteiger partial charge in [-0.25, -0.2) is 9.78 Å². The van der Waals surface area contributed by atoms with Crippen LogP contribution in [-0.4, -0.2) is 44.5 Å². The van der Waals surface area contributed by atoms with Crippen molar-refractivity contribution in [1.82, 2.24) is 19.1 Å². The maximum Gasteiger partial charge on any atom is 0.329 e. The predicted octanol–water partition coefficient (Wildman–Crippen LogP) is 1.16. The van der Waals surface area contributed by atoms with E-state index < -0.39 is 17.2 Å². The number of nitrogens with one attached hydrogen (secondary N) is 1. The van der Waals surface area contributed by atoms with Crippen molar-refractivity contribution in [2.45, 2.75) is 18.1 Å². The molecule has 9 nitrogen and oxygen atoms in total. The summed E-state index contributed by atoms with van der Waals surface area (Å²) in [6, 6.07) is 9.42. The number of imidazole rings is 1. The molecule has 148 valence electrons. The van der Waals surface area contributed by atoms with E-state index in [2.05, 4.69) is 14.7 Å². The first kappa shape index (κ1) is 19.7. The van der Waals surface area contributed by atoms with Gasteiger partial charge < -0.3 is 14.0 Å². The second kappa shape index (κ2) is 8.79. The van der Waals surface area contributed by atoms with Gasteiger partial charge in [-0.05, 0) is 18.6 Å². The molecule has 0 spiro atoms. The summed E-state index contributed by atoms with van der Waals surface area (Å²) in [6.07, 6.45) is 0.606. The van der Waals surface area contributed by atoms with E-state index in [1.54, 1.807) is 4.57 Å². The summed E-state index contributed by atoms with van der Waals surface area (Å²) in [6.45, 7) is 0.878. The third kappa shape index (κ3) is 4.28. The zero-order chi connectivity index (χ0) is 20.1. The molecular formula is C18H20N4O5S. The van der Waals surface area contributed by atoms with Crippen LogP contribution >= 0.6 is 11.8 Å². The Hall–Kier alpha value is -3.01. The molecule has 0 aliphatic carbocycles. The Balaban J connectivity index is 1.84. The number of para-hydroxylation sites is 1. The average Bonchev–Trinajstić information content (AvgIpc) is 3.07. The highest BCUT2D eigenvalue weighted by Gasteiger charge is 2.18. The molecular weight excluding hydrogens is 384 g/mol. The molecule has 1 aromatic carbocycles. The zero-order valence-electron chi connectivity index (χ0n) is 15.5. The van der Waals surface area contributed by atoms with E-state index >= 15 is 0 Å². The Morgan fingerprint density at radius 3 is 2.71 bits per heavy atom. The van der Waals surface area contributed by atoms with Crippen molar-refractivity contribution < 1.29 is 14.3 Å². The highest BCUT2D eigenvalue weighted by Crippen LogP contribution is 2.22. The molecule has 1 N–H and O–H groups in total. The fourth-order valence-electron chi connectivity index (χ4n) is 2.64. The van der Waals surface area contributed by atoms with Crippen LogP contribution in [0.5, 0.6) is 5.75 Å². The summed E-state index contributed by atoms with van der Waals surface area (Å²) in [5, 5.41) is 0.465. The van der Waals surface area contributed by atoms with Crippen molar-refractivity contribution in [2.75, 3.05) is 19.5 Å². The van der Waals surface area contributed by atoms with E-state index in [1.807, 2.05) is 30.3 Å². The van der Waals surface area contributed by atoms with E-state index in [1.165, 1.54) is 18.7 Å². The van der Waals surface area contributed by atoms with Gasteiger partial charge in [-0.15, -0.1) is 0 Å². The maximum absolute atomic E-state index is 12.4. The molecule has 0 atom stereocenters. The third-order valence-electron chi connectivity index (χ3n) is 4.06. The number of hydrogen-bond acceptors (Lipinski definition) is 7. The van der Waals surface area contributed by atoms with Crippen LogP contribution in [0.2, 0.25) is 0 Å². The number of benzene rings is 1. The van der Waals surface area contributed by atoms with Crippen molar-refractivity contribution >= 4 is 28.9 Å². The number of methoxy groups -OCH3 is 1. The number of fused-ring (bicyclic) bond motifs is 1. The molecule has 3 rings (SSSR count). The van der Waals surface area contributed by atoms with Gasteiger partial charge >= 0.3 is 11.7 Å². The minimum absolute atomic E-state index is 0.0478. The van der Waals surface area contributed by atoms with E-state index in [0.717, 1.165) is 17.5 Å². The van der Waals surface area contributed by atoms with Crippen LogP contribution in [0.1, 0.15) is 6.42 Å². The lowest BCUT2D eigenvalue weighted by Crippen LogP contribution is -2.29. The molecule has 0 aliphatic rings.